The van der Waals surface area contributed by atoms with Crippen molar-refractivity contribution in [2.45, 2.75) is 5.91 Å². The van der Waals surface area contributed by atoms with Crippen LogP contribution in [-0.2, 0) is 0 Å². The van der Waals surface area contributed by atoms with Crippen molar-refractivity contribution in [3.63, 3.8) is 0 Å². The van der Waals surface area contributed by atoms with Gasteiger partial charge < -0.3 is 22.5 Å². The van der Waals surface area contributed by atoms with Gasteiger partial charge in [-0.05, 0) is 0 Å². The quantitative estimate of drug-likeness (QED) is 0.257. The Bertz CT molecular complexity index is 245. The molecular formula is C6H15N7. The van der Waals surface area contributed by atoms with Crippen LogP contribution in [0.25, 0.3) is 0 Å². The number of nitrogens with two attached hydrogens (primary N) is 4. The summed E-state index contributed by atoms with van der Waals surface area (Å²) in [6.45, 7) is 1.00. The third-order valence-corrected chi connectivity index (χ3v) is 1.58. The zero-order chi connectivity index (χ0) is 9.90. The van der Waals surface area contributed by atoms with Gasteiger partial charge in [0.25, 0.3) is 0 Å². The lowest BCUT2D eigenvalue weighted by molar-refractivity contribution is 0.310. The Labute approximate surface area is 76.2 Å². The maximum absolute atomic E-state index is 5.75. The third-order valence-electron chi connectivity index (χ3n) is 1.58. The van der Waals surface area contributed by atoms with Crippen LogP contribution in [-0.4, -0.2) is 24.8 Å². The van der Waals surface area contributed by atoms with E-state index in [1.807, 2.05) is 0 Å². The van der Waals surface area contributed by atoms with Gasteiger partial charge in [-0.15, -0.1) is 0 Å². The molecule has 0 spiro atoms. The summed E-state index contributed by atoms with van der Waals surface area (Å²) in [5.74, 6) is -0.877. The molecule has 0 aromatic rings. The van der Waals surface area contributed by atoms with Crippen LogP contribution in [0.4, 0.5) is 0 Å². The molecular weight excluding hydrogens is 170 g/mol. The summed E-state index contributed by atoms with van der Waals surface area (Å²) in [4.78, 5) is 3.93. The average molecular weight is 185 g/mol. The number of rotatable bonds is 3. The fraction of sp³-hybridized carbons (Fsp3) is 0.500. The molecule has 1 aliphatic heterocycles. The highest BCUT2D eigenvalue weighted by Crippen LogP contribution is 2.00. The highest BCUT2D eigenvalue weighted by atomic mass is 15.4. The minimum absolute atomic E-state index is 0.214. The van der Waals surface area contributed by atoms with Crippen LogP contribution in [0.15, 0.2) is 16.9 Å². The molecule has 0 aromatic carbocycles. The SMILES string of the molecule is NCCNC1(N)N=C(N)C(N)=CN1. The molecule has 0 fully saturated rings. The Kier molecular flexibility index (Phi) is 2.71. The number of hydrogen-bond donors (Lipinski definition) is 6. The first-order valence-corrected chi connectivity index (χ1v) is 3.90. The van der Waals surface area contributed by atoms with E-state index in [9.17, 15) is 0 Å². The van der Waals surface area contributed by atoms with Gasteiger partial charge in [0.1, 0.15) is 5.84 Å². The van der Waals surface area contributed by atoms with E-state index in [0.29, 0.717) is 18.8 Å². The zero-order valence-electron chi connectivity index (χ0n) is 7.25. The van der Waals surface area contributed by atoms with Crippen LogP contribution in [0.5, 0.6) is 0 Å². The Hall–Kier alpha value is -1.31. The van der Waals surface area contributed by atoms with Crippen LogP contribution in [0.3, 0.4) is 0 Å². The van der Waals surface area contributed by atoms with E-state index >= 15 is 0 Å². The highest BCUT2D eigenvalue weighted by Gasteiger charge is 2.25. The largest absolute Gasteiger partial charge is 0.395 e. The van der Waals surface area contributed by atoms with E-state index in [-0.39, 0.29) is 5.84 Å². The van der Waals surface area contributed by atoms with Crippen LogP contribution in [0, 0.1) is 0 Å². The average Bonchev–Trinajstić information content (AvgIpc) is 2.09. The molecule has 0 saturated heterocycles. The van der Waals surface area contributed by atoms with Crippen molar-refractivity contribution in [2.24, 2.45) is 27.9 Å². The van der Waals surface area contributed by atoms with Gasteiger partial charge >= 0.3 is 0 Å². The molecule has 1 unspecified atom stereocenters. The van der Waals surface area contributed by atoms with Crippen molar-refractivity contribution in [3.05, 3.63) is 11.9 Å². The summed E-state index contributed by atoms with van der Waals surface area (Å²) < 4.78 is 0. The summed E-state index contributed by atoms with van der Waals surface area (Å²) in [5, 5.41) is 5.64. The van der Waals surface area contributed by atoms with Gasteiger partial charge in [-0.25, -0.2) is 4.99 Å². The molecule has 7 nitrogen and oxygen atoms in total. The predicted molar refractivity (Wildman–Crippen MR) is 51.0 cm³/mol. The van der Waals surface area contributed by atoms with E-state index in [1.165, 1.54) is 6.20 Å². The van der Waals surface area contributed by atoms with Crippen LogP contribution < -0.4 is 33.6 Å². The van der Waals surface area contributed by atoms with Crippen molar-refractivity contribution in [1.29, 1.82) is 0 Å². The van der Waals surface area contributed by atoms with Gasteiger partial charge in [0.2, 0.25) is 5.91 Å². The molecule has 1 aliphatic rings. The molecule has 74 valence electrons. The summed E-state index contributed by atoms with van der Waals surface area (Å²) in [7, 11) is 0. The Morgan fingerprint density at radius 3 is 2.77 bits per heavy atom. The molecule has 0 aliphatic carbocycles. The second-order valence-electron chi connectivity index (χ2n) is 2.72. The highest BCUT2D eigenvalue weighted by molar-refractivity contribution is 5.96. The van der Waals surface area contributed by atoms with E-state index in [1.54, 1.807) is 0 Å². The standard InChI is InChI=1S/C6H15N7/c7-1-2-11-6(10)12-3-4(8)5(9)13-6/h3,11-12H,1-2,7-8,10H2,(H2,9,13). The van der Waals surface area contributed by atoms with Gasteiger partial charge in [0.05, 0.1) is 5.70 Å². The van der Waals surface area contributed by atoms with E-state index in [2.05, 4.69) is 15.6 Å². The predicted octanol–water partition coefficient (Wildman–Crippen LogP) is -3.13. The number of nitrogens with zero attached hydrogens (tertiary/aromatic N) is 1. The lowest BCUT2D eigenvalue weighted by atomic mass is 10.3. The molecule has 1 rings (SSSR count). The summed E-state index contributed by atoms with van der Waals surface area (Å²) in [5.41, 5.74) is 22.4. The first kappa shape index (κ1) is 9.78. The van der Waals surface area contributed by atoms with Crippen molar-refractivity contribution in [2.75, 3.05) is 13.1 Å². The van der Waals surface area contributed by atoms with E-state index in [4.69, 9.17) is 22.9 Å². The first-order valence-electron chi connectivity index (χ1n) is 3.90. The topological polar surface area (TPSA) is 140 Å². The maximum atomic E-state index is 5.75. The molecule has 1 atom stereocenters. The number of amidine groups is 1. The first-order chi connectivity index (χ1) is 6.07. The van der Waals surface area contributed by atoms with Gasteiger partial charge in [0, 0.05) is 19.3 Å². The minimum atomic E-state index is -1.09. The molecule has 10 N–H and O–H groups in total. The van der Waals surface area contributed by atoms with Gasteiger partial charge in [-0.1, -0.05) is 0 Å². The van der Waals surface area contributed by atoms with Gasteiger partial charge in [0.15, 0.2) is 0 Å². The lowest BCUT2D eigenvalue weighted by Crippen LogP contribution is -2.64. The normalized spacial score (nSPS) is 27.5. The second-order valence-corrected chi connectivity index (χ2v) is 2.72. The summed E-state index contributed by atoms with van der Waals surface area (Å²) in [6, 6.07) is 0. The summed E-state index contributed by atoms with van der Waals surface area (Å²) >= 11 is 0. The Balaban J connectivity index is 2.64. The smallest absolute Gasteiger partial charge is 0.243 e. The minimum Gasteiger partial charge on any atom is -0.395 e. The van der Waals surface area contributed by atoms with Crippen molar-refractivity contribution in [3.8, 4) is 0 Å². The molecule has 7 heteroatoms. The van der Waals surface area contributed by atoms with Crippen LogP contribution in [0.1, 0.15) is 0 Å². The van der Waals surface area contributed by atoms with Crippen LogP contribution >= 0.6 is 0 Å². The number of hydrogen-bond acceptors (Lipinski definition) is 7. The second kappa shape index (κ2) is 3.60. The molecule has 13 heavy (non-hydrogen) atoms. The molecule has 0 saturated carbocycles. The van der Waals surface area contributed by atoms with Crippen molar-refractivity contribution < 1.29 is 0 Å². The van der Waals surface area contributed by atoms with Crippen molar-refractivity contribution >= 4 is 5.84 Å². The molecule has 0 amide bonds. The fourth-order valence-corrected chi connectivity index (χ4v) is 0.902. The third kappa shape index (κ3) is 2.31. The van der Waals surface area contributed by atoms with E-state index < -0.39 is 5.91 Å². The molecule has 0 aromatic heterocycles. The zero-order valence-corrected chi connectivity index (χ0v) is 7.25. The molecule has 1 heterocycles. The fourth-order valence-electron chi connectivity index (χ4n) is 0.902. The van der Waals surface area contributed by atoms with Crippen molar-refractivity contribution in [1.82, 2.24) is 10.6 Å². The summed E-state index contributed by atoms with van der Waals surface area (Å²) in [6.07, 6.45) is 1.51. The number of nitrogens with one attached hydrogen (secondary N) is 2. The van der Waals surface area contributed by atoms with Gasteiger partial charge in [-0.2, -0.15) is 0 Å². The molecule has 0 radical (unpaired) electrons. The van der Waals surface area contributed by atoms with Gasteiger partial charge in [-0.3, -0.25) is 11.1 Å². The Morgan fingerprint density at radius 1 is 1.54 bits per heavy atom. The van der Waals surface area contributed by atoms with Crippen LogP contribution in [0.2, 0.25) is 0 Å². The number of aliphatic imine (C=N–C) groups is 1. The maximum Gasteiger partial charge on any atom is 0.243 e. The monoisotopic (exact) mass is 185 g/mol. The lowest BCUT2D eigenvalue weighted by Gasteiger charge is -2.30. The molecule has 0 bridgehead atoms. The van der Waals surface area contributed by atoms with E-state index in [0.717, 1.165) is 0 Å². The Morgan fingerprint density at radius 2 is 2.23 bits per heavy atom.